The van der Waals surface area contributed by atoms with Crippen molar-refractivity contribution in [3.8, 4) is 0 Å². The number of nitrogens with one attached hydrogen (secondary N) is 1. The van der Waals surface area contributed by atoms with Crippen molar-refractivity contribution in [1.82, 2.24) is 5.32 Å². The number of halogens is 2. The molecule has 0 aromatic heterocycles. The smallest absolute Gasteiger partial charge is 0.162 e. The maximum absolute atomic E-state index is 13.8. The van der Waals surface area contributed by atoms with Crippen molar-refractivity contribution >= 4 is 0 Å². The van der Waals surface area contributed by atoms with E-state index in [0.717, 1.165) is 19.0 Å². The van der Waals surface area contributed by atoms with Gasteiger partial charge >= 0.3 is 0 Å². The van der Waals surface area contributed by atoms with Crippen LogP contribution >= 0.6 is 0 Å². The summed E-state index contributed by atoms with van der Waals surface area (Å²) in [6, 6.07) is 4.22. The lowest BCUT2D eigenvalue weighted by molar-refractivity contribution is -0.0285. The lowest BCUT2D eigenvalue weighted by Crippen LogP contribution is -2.51. The van der Waals surface area contributed by atoms with Gasteiger partial charge in [0.05, 0.1) is 5.60 Å². The second-order valence-electron chi connectivity index (χ2n) is 4.90. The summed E-state index contributed by atoms with van der Waals surface area (Å²) in [6.07, 6.45) is 1.19. The SMILES string of the molecule is CCNC(Cc1cccc(F)c1F)C(C)(CC)OC. The molecule has 1 aromatic rings. The first-order valence-corrected chi connectivity index (χ1v) is 6.69. The van der Waals surface area contributed by atoms with Gasteiger partial charge in [-0.15, -0.1) is 0 Å². The molecule has 2 unspecified atom stereocenters. The lowest BCUT2D eigenvalue weighted by atomic mass is 9.88. The predicted octanol–water partition coefficient (Wildman–Crippen LogP) is 3.30. The Balaban J connectivity index is 2.98. The molecule has 1 N–H and O–H groups in total. The van der Waals surface area contributed by atoms with Crippen molar-refractivity contribution in [1.29, 1.82) is 0 Å². The topological polar surface area (TPSA) is 21.3 Å². The maximum atomic E-state index is 13.8. The van der Waals surface area contributed by atoms with Crippen LogP contribution in [0.4, 0.5) is 8.78 Å². The molecule has 0 radical (unpaired) electrons. The molecule has 0 fully saturated rings. The molecule has 0 aliphatic heterocycles. The number of rotatable bonds is 7. The van der Waals surface area contributed by atoms with Crippen molar-refractivity contribution in [3.63, 3.8) is 0 Å². The molecule has 0 amide bonds. The van der Waals surface area contributed by atoms with Crippen LogP contribution in [0.5, 0.6) is 0 Å². The molecular formula is C15H23F2NO. The van der Waals surface area contributed by atoms with Crippen LogP contribution in [0.1, 0.15) is 32.8 Å². The number of likely N-dealkylation sites (N-methyl/N-ethyl adjacent to an activating group) is 1. The van der Waals surface area contributed by atoms with Gasteiger partial charge in [0, 0.05) is 13.2 Å². The molecule has 0 aliphatic carbocycles. The van der Waals surface area contributed by atoms with E-state index in [9.17, 15) is 8.78 Å². The fourth-order valence-corrected chi connectivity index (χ4v) is 2.21. The van der Waals surface area contributed by atoms with Gasteiger partial charge in [-0.25, -0.2) is 8.78 Å². The van der Waals surface area contributed by atoms with Gasteiger partial charge < -0.3 is 10.1 Å². The fraction of sp³-hybridized carbons (Fsp3) is 0.600. The second kappa shape index (κ2) is 6.96. The molecule has 0 spiro atoms. The Morgan fingerprint density at radius 3 is 2.53 bits per heavy atom. The molecule has 1 rings (SSSR count). The highest BCUT2D eigenvalue weighted by molar-refractivity contribution is 5.21. The standard InChI is InChI=1S/C15H23F2NO/c1-5-15(3,19-4)13(18-6-2)10-11-8-7-9-12(16)14(11)17/h7-9,13,18H,5-6,10H2,1-4H3. The average Bonchev–Trinajstić information content (AvgIpc) is 2.42. The highest BCUT2D eigenvalue weighted by Crippen LogP contribution is 2.24. The monoisotopic (exact) mass is 271 g/mol. The van der Waals surface area contributed by atoms with E-state index in [-0.39, 0.29) is 6.04 Å². The van der Waals surface area contributed by atoms with E-state index >= 15 is 0 Å². The lowest BCUT2D eigenvalue weighted by Gasteiger charge is -2.36. The first-order chi connectivity index (χ1) is 8.98. The van der Waals surface area contributed by atoms with E-state index in [1.54, 1.807) is 13.2 Å². The van der Waals surface area contributed by atoms with Gasteiger partial charge in [0.25, 0.3) is 0 Å². The Bertz CT molecular complexity index is 405. The molecule has 19 heavy (non-hydrogen) atoms. The minimum Gasteiger partial charge on any atom is -0.377 e. The van der Waals surface area contributed by atoms with Crippen molar-refractivity contribution in [2.45, 2.75) is 45.3 Å². The van der Waals surface area contributed by atoms with Gasteiger partial charge in [-0.1, -0.05) is 26.0 Å². The summed E-state index contributed by atoms with van der Waals surface area (Å²) >= 11 is 0. The minimum absolute atomic E-state index is 0.0659. The van der Waals surface area contributed by atoms with Gasteiger partial charge in [-0.05, 0) is 37.9 Å². The van der Waals surface area contributed by atoms with Crippen LogP contribution in [0.2, 0.25) is 0 Å². The Labute approximate surface area is 114 Å². The highest BCUT2D eigenvalue weighted by atomic mass is 19.2. The molecule has 0 heterocycles. The van der Waals surface area contributed by atoms with Crippen LogP contribution in [0.15, 0.2) is 18.2 Å². The van der Waals surface area contributed by atoms with Crippen molar-refractivity contribution in [3.05, 3.63) is 35.4 Å². The van der Waals surface area contributed by atoms with E-state index in [4.69, 9.17) is 4.74 Å². The van der Waals surface area contributed by atoms with Crippen LogP contribution < -0.4 is 5.32 Å². The summed E-state index contributed by atoms with van der Waals surface area (Å²) in [5, 5.41) is 3.31. The molecule has 0 saturated heterocycles. The number of hydrogen-bond donors (Lipinski definition) is 1. The third kappa shape index (κ3) is 3.74. The number of ether oxygens (including phenoxy) is 1. The van der Waals surface area contributed by atoms with Gasteiger partial charge in [0.15, 0.2) is 11.6 Å². The Kier molecular flexibility index (Phi) is 5.88. The first-order valence-electron chi connectivity index (χ1n) is 6.69. The summed E-state index contributed by atoms with van der Waals surface area (Å²) in [6.45, 7) is 6.74. The summed E-state index contributed by atoms with van der Waals surface area (Å²) in [7, 11) is 1.65. The molecule has 108 valence electrons. The van der Waals surface area contributed by atoms with E-state index in [1.165, 1.54) is 6.07 Å². The maximum Gasteiger partial charge on any atom is 0.162 e. The van der Waals surface area contributed by atoms with E-state index in [0.29, 0.717) is 12.0 Å². The van der Waals surface area contributed by atoms with Gasteiger partial charge in [0.1, 0.15) is 0 Å². The second-order valence-corrected chi connectivity index (χ2v) is 4.90. The zero-order valence-corrected chi connectivity index (χ0v) is 12.1. The third-order valence-electron chi connectivity index (χ3n) is 3.81. The quantitative estimate of drug-likeness (QED) is 0.821. The number of hydrogen-bond acceptors (Lipinski definition) is 2. The van der Waals surface area contributed by atoms with Crippen LogP contribution in [-0.2, 0) is 11.2 Å². The van der Waals surface area contributed by atoms with Gasteiger partial charge in [-0.2, -0.15) is 0 Å². The normalized spacial score (nSPS) is 16.1. The fourth-order valence-electron chi connectivity index (χ4n) is 2.21. The molecule has 0 aliphatic rings. The van der Waals surface area contributed by atoms with E-state index in [1.807, 2.05) is 20.8 Å². The average molecular weight is 271 g/mol. The van der Waals surface area contributed by atoms with Crippen molar-refractivity contribution in [2.24, 2.45) is 0 Å². The first kappa shape index (κ1) is 16.1. The Morgan fingerprint density at radius 1 is 1.32 bits per heavy atom. The van der Waals surface area contributed by atoms with E-state index in [2.05, 4.69) is 5.32 Å². The zero-order chi connectivity index (χ0) is 14.5. The molecule has 2 atom stereocenters. The molecular weight excluding hydrogens is 248 g/mol. The Morgan fingerprint density at radius 2 is 2.00 bits per heavy atom. The Hall–Kier alpha value is -1.00. The number of methoxy groups -OCH3 is 1. The predicted molar refractivity (Wildman–Crippen MR) is 73.2 cm³/mol. The zero-order valence-electron chi connectivity index (χ0n) is 12.1. The summed E-state index contributed by atoms with van der Waals surface area (Å²) in [5.74, 6) is -1.57. The number of benzene rings is 1. The molecule has 1 aromatic carbocycles. The van der Waals surface area contributed by atoms with Crippen LogP contribution in [0.25, 0.3) is 0 Å². The van der Waals surface area contributed by atoms with E-state index < -0.39 is 17.2 Å². The third-order valence-corrected chi connectivity index (χ3v) is 3.81. The van der Waals surface area contributed by atoms with Crippen molar-refractivity contribution < 1.29 is 13.5 Å². The van der Waals surface area contributed by atoms with Crippen molar-refractivity contribution in [2.75, 3.05) is 13.7 Å². The largest absolute Gasteiger partial charge is 0.377 e. The molecule has 4 heteroatoms. The summed E-state index contributed by atoms with van der Waals surface area (Å²) in [5.41, 5.74) is -0.0305. The summed E-state index contributed by atoms with van der Waals surface area (Å²) < 4.78 is 32.6. The van der Waals surface area contributed by atoms with Crippen LogP contribution in [0, 0.1) is 11.6 Å². The van der Waals surface area contributed by atoms with Crippen LogP contribution in [0.3, 0.4) is 0 Å². The molecule has 2 nitrogen and oxygen atoms in total. The highest BCUT2D eigenvalue weighted by Gasteiger charge is 2.32. The molecule has 0 saturated carbocycles. The van der Waals surface area contributed by atoms with Gasteiger partial charge in [-0.3, -0.25) is 0 Å². The minimum atomic E-state index is -0.802. The van der Waals surface area contributed by atoms with Gasteiger partial charge in [0.2, 0.25) is 0 Å². The molecule has 0 bridgehead atoms. The van der Waals surface area contributed by atoms with Crippen LogP contribution in [-0.4, -0.2) is 25.3 Å². The summed E-state index contributed by atoms with van der Waals surface area (Å²) in [4.78, 5) is 0.